The lowest BCUT2D eigenvalue weighted by Gasteiger charge is -2.11. The number of carboxylic acid groups (broad SMARTS) is 1. The molecule has 0 aliphatic carbocycles. The number of carbonyl (C=O) groups excluding carboxylic acids is 1. The third kappa shape index (κ3) is 4.74. The molecule has 0 spiro atoms. The number of hydrogen-bond acceptors (Lipinski definition) is 5. The van der Waals surface area contributed by atoms with E-state index in [1.807, 2.05) is 0 Å². The van der Waals surface area contributed by atoms with Crippen LogP contribution in [-0.4, -0.2) is 36.4 Å². The molecule has 0 aromatic carbocycles. The van der Waals surface area contributed by atoms with Crippen molar-refractivity contribution in [1.82, 2.24) is 5.32 Å². The lowest BCUT2D eigenvalue weighted by Crippen LogP contribution is -2.38. The number of amides is 1. The monoisotopic (exact) mass is 289 g/mol. The second-order valence-corrected chi connectivity index (χ2v) is 6.39. The Kier molecular flexibility index (Phi) is 5.11. The molecular weight excluding hydrogens is 274 g/mol. The van der Waals surface area contributed by atoms with E-state index in [0.717, 1.165) is 0 Å². The molecule has 0 radical (unpaired) electrons. The highest BCUT2D eigenvalue weighted by Crippen LogP contribution is 2.05. The van der Waals surface area contributed by atoms with E-state index in [2.05, 4.69) is 5.32 Å². The Morgan fingerprint density at radius 2 is 2.16 bits per heavy atom. The van der Waals surface area contributed by atoms with Crippen LogP contribution in [0.15, 0.2) is 22.8 Å². The molecule has 0 bridgehead atoms. The van der Waals surface area contributed by atoms with E-state index in [4.69, 9.17) is 9.52 Å². The van der Waals surface area contributed by atoms with Gasteiger partial charge >= 0.3 is 5.97 Å². The summed E-state index contributed by atoms with van der Waals surface area (Å²) in [7, 11) is -3.77. The average molecular weight is 289 g/mol. The summed E-state index contributed by atoms with van der Waals surface area (Å²) < 4.78 is 28.4. The fourth-order valence-corrected chi connectivity index (χ4v) is 2.52. The maximum atomic E-state index is 11.7. The first-order valence-corrected chi connectivity index (χ1v) is 7.28. The van der Waals surface area contributed by atoms with Gasteiger partial charge < -0.3 is 14.8 Å². The topological polar surface area (TPSA) is 114 Å². The van der Waals surface area contributed by atoms with E-state index < -0.39 is 39.1 Å². The van der Waals surface area contributed by atoms with Crippen LogP contribution in [0.2, 0.25) is 0 Å². The zero-order chi connectivity index (χ0) is 14.5. The summed E-state index contributed by atoms with van der Waals surface area (Å²) >= 11 is 0. The summed E-state index contributed by atoms with van der Waals surface area (Å²) in [5.41, 5.74) is 0. The maximum Gasteiger partial charge on any atom is 0.304 e. The Morgan fingerprint density at radius 3 is 2.68 bits per heavy atom. The summed E-state index contributed by atoms with van der Waals surface area (Å²) in [6.07, 6.45) is 0.923. The zero-order valence-electron chi connectivity index (χ0n) is 10.3. The lowest BCUT2D eigenvalue weighted by molar-refractivity contribution is -0.136. The van der Waals surface area contributed by atoms with Gasteiger partial charge in [-0.2, -0.15) is 0 Å². The minimum atomic E-state index is -3.77. The fraction of sp³-hybridized carbons (Fsp3) is 0.455. The molecule has 8 heteroatoms. The number of rotatable bonds is 7. The van der Waals surface area contributed by atoms with E-state index >= 15 is 0 Å². The zero-order valence-corrected chi connectivity index (χ0v) is 11.1. The Hall–Kier alpha value is -1.83. The lowest BCUT2D eigenvalue weighted by atomic mass is 10.4. The molecule has 1 amide bonds. The van der Waals surface area contributed by atoms with Crippen LogP contribution in [0.1, 0.15) is 19.1 Å². The highest BCUT2D eigenvalue weighted by atomic mass is 32.2. The molecule has 1 heterocycles. The van der Waals surface area contributed by atoms with Crippen molar-refractivity contribution >= 4 is 21.7 Å². The van der Waals surface area contributed by atoms with Gasteiger partial charge in [-0.05, 0) is 19.1 Å². The van der Waals surface area contributed by atoms with Crippen molar-refractivity contribution in [3.8, 4) is 0 Å². The normalized spacial score (nSPS) is 12.9. The van der Waals surface area contributed by atoms with Crippen LogP contribution in [0.25, 0.3) is 0 Å². The molecule has 7 nitrogen and oxygen atoms in total. The molecule has 0 aliphatic heterocycles. The Bertz CT molecular complexity index is 534. The minimum Gasteiger partial charge on any atom is -0.481 e. The number of furan rings is 1. The predicted octanol–water partition coefficient (Wildman–Crippen LogP) is 0.174. The van der Waals surface area contributed by atoms with Crippen LogP contribution in [0.4, 0.5) is 0 Å². The van der Waals surface area contributed by atoms with E-state index in [0.29, 0.717) is 5.76 Å². The van der Waals surface area contributed by atoms with Gasteiger partial charge in [-0.3, -0.25) is 9.59 Å². The summed E-state index contributed by atoms with van der Waals surface area (Å²) in [6.45, 7) is 1.32. The second kappa shape index (κ2) is 6.37. The molecule has 1 rings (SSSR count). The molecular formula is C11H15NO6S. The number of aliphatic carboxylic acids is 1. The molecule has 0 aliphatic rings. The summed E-state index contributed by atoms with van der Waals surface area (Å²) in [4.78, 5) is 22.0. The fourth-order valence-electron chi connectivity index (χ4n) is 1.30. The molecule has 1 unspecified atom stereocenters. The Labute approximate surface area is 110 Å². The van der Waals surface area contributed by atoms with Gasteiger partial charge in [0.1, 0.15) is 11.0 Å². The van der Waals surface area contributed by atoms with Gasteiger partial charge in [0.05, 0.1) is 25.0 Å². The Morgan fingerprint density at radius 1 is 1.47 bits per heavy atom. The quantitative estimate of drug-likeness (QED) is 0.740. The highest BCUT2D eigenvalue weighted by molar-refractivity contribution is 7.92. The van der Waals surface area contributed by atoms with Crippen molar-refractivity contribution in [2.75, 3.05) is 5.75 Å². The number of sulfone groups is 1. The van der Waals surface area contributed by atoms with Gasteiger partial charge in [-0.25, -0.2) is 8.42 Å². The van der Waals surface area contributed by atoms with Crippen LogP contribution in [0, 0.1) is 0 Å². The van der Waals surface area contributed by atoms with Gasteiger partial charge in [0.2, 0.25) is 5.91 Å². The molecule has 0 saturated heterocycles. The van der Waals surface area contributed by atoms with Crippen LogP contribution in [-0.2, 0) is 26.0 Å². The third-order valence-corrected chi connectivity index (χ3v) is 4.59. The van der Waals surface area contributed by atoms with Crippen molar-refractivity contribution in [1.29, 1.82) is 0 Å². The smallest absolute Gasteiger partial charge is 0.304 e. The number of nitrogens with one attached hydrogen (secondary N) is 1. The van der Waals surface area contributed by atoms with Crippen LogP contribution < -0.4 is 5.32 Å². The first-order valence-electron chi connectivity index (χ1n) is 5.56. The van der Waals surface area contributed by atoms with Gasteiger partial charge in [-0.1, -0.05) is 0 Å². The molecule has 1 atom stereocenters. The number of carboxylic acids is 1. The average Bonchev–Trinajstić information content (AvgIpc) is 2.85. The van der Waals surface area contributed by atoms with Crippen molar-refractivity contribution in [2.45, 2.75) is 25.1 Å². The molecule has 19 heavy (non-hydrogen) atoms. The molecule has 0 fully saturated rings. The summed E-state index contributed by atoms with van der Waals surface area (Å²) in [5, 5.41) is 9.58. The standard InChI is InChI=1S/C11H15NO6S/c1-8(19(16,17)6-4-10(13)14)11(15)12-7-9-3-2-5-18-9/h2-3,5,8H,4,6-7H2,1H3,(H,12,15)(H,13,14). The van der Waals surface area contributed by atoms with E-state index in [1.165, 1.54) is 13.2 Å². The van der Waals surface area contributed by atoms with Crippen LogP contribution in [0.5, 0.6) is 0 Å². The van der Waals surface area contributed by atoms with Crippen molar-refractivity contribution < 1.29 is 27.5 Å². The second-order valence-electron chi connectivity index (χ2n) is 3.95. The van der Waals surface area contributed by atoms with Gasteiger partial charge in [-0.15, -0.1) is 0 Å². The summed E-state index contributed by atoms with van der Waals surface area (Å²) in [5.74, 6) is -1.95. The van der Waals surface area contributed by atoms with Gasteiger partial charge in [0.25, 0.3) is 0 Å². The first kappa shape index (κ1) is 15.2. The van der Waals surface area contributed by atoms with E-state index in [9.17, 15) is 18.0 Å². The van der Waals surface area contributed by atoms with Gasteiger partial charge in [0.15, 0.2) is 9.84 Å². The maximum absolute atomic E-state index is 11.7. The molecule has 0 saturated carbocycles. The number of carbonyl (C=O) groups is 2. The molecule has 1 aromatic rings. The number of hydrogen-bond donors (Lipinski definition) is 2. The molecule has 106 valence electrons. The SMILES string of the molecule is CC(C(=O)NCc1ccco1)S(=O)(=O)CCC(=O)O. The first-order chi connectivity index (χ1) is 8.83. The highest BCUT2D eigenvalue weighted by Gasteiger charge is 2.28. The van der Waals surface area contributed by atoms with Crippen molar-refractivity contribution in [2.24, 2.45) is 0 Å². The molecule has 2 N–H and O–H groups in total. The van der Waals surface area contributed by atoms with Crippen LogP contribution >= 0.6 is 0 Å². The van der Waals surface area contributed by atoms with Crippen molar-refractivity contribution in [3.63, 3.8) is 0 Å². The van der Waals surface area contributed by atoms with Gasteiger partial charge in [0, 0.05) is 0 Å². The third-order valence-electron chi connectivity index (χ3n) is 2.53. The van der Waals surface area contributed by atoms with Crippen LogP contribution in [0.3, 0.4) is 0 Å². The minimum absolute atomic E-state index is 0.0879. The summed E-state index contributed by atoms with van der Waals surface area (Å²) in [6, 6.07) is 3.29. The predicted molar refractivity (Wildman–Crippen MR) is 66.1 cm³/mol. The molecule has 1 aromatic heterocycles. The van der Waals surface area contributed by atoms with E-state index in [1.54, 1.807) is 12.1 Å². The largest absolute Gasteiger partial charge is 0.481 e. The Balaban J connectivity index is 2.53. The van der Waals surface area contributed by atoms with E-state index in [-0.39, 0.29) is 6.54 Å². The van der Waals surface area contributed by atoms with Crippen molar-refractivity contribution in [3.05, 3.63) is 24.2 Å².